The first-order chi connectivity index (χ1) is 10.9. The quantitative estimate of drug-likeness (QED) is 0.684. The highest BCUT2D eigenvalue weighted by atomic mass is 16.2. The van der Waals surface area contributed by atoms with Crippen LogP contribution in [0.15, 0.2) is 24.3 Å². The van der Waals surface area contributed by atoms with Crippen LogP contribution in [0, 0.1) is 5.92 Å². The first-order valence-corrected chi connectivity index (χ1v) is 8.09. The van der Waals surface area contributed by atoms with Crippen molar-refractivity contribution >= 4 is 17.6 Å². The lowest BCUT2D eigenvalue weighted by Crippen LogP contribution is -2.48. The van der Waals surface area contributed by atoms with Crippen molar-refractivity contribution in [1.82, 2.24) is 5.32 Å². The number of hydrogen-bond acceptors (Lipinski definition) is 3. The van der Waals surface area contributed by atoms with Gasteiger partial charge in [0.25, 0.3) is 0 Å². The fourth-order valence-electron chi connectivity index (χ4n) is 2.27. The smallest absolute Gasteiger partial charge is 0.240 e. The molecular formula is C18H26N2O3. The Kier molecular flexibility index (Phi) is 7.45. The third-order valence-electron chi connectivity index (χ3n) is 4.10. The van der Waals surface area contributed by atoms with Crippen LogP contribution < -0.4 is 11.1 Å². The van der Waals surface area contributed by atoms with E-state index in [0.29, 0.717) is 5.56 Å². The molecule has 2 atom stereocenters. The molecule has 0 aliphatic heterocycles. The summed E-state index contributed by atoms with van der Waals surface area (Å²) in [5, 5.41) is 2.63. The van der Waals surface area contributed by atoms with E-state index < -0.39 is 11.9 Å². The van der Waals surface area contributed by atoms with Gasteiger partial charge in [0, 0.05) is 18.4 Å². The zero-order valence-corrected chi connectivity index (χ0v) is 14.1. The molecule has 2 unspecified atom stereocenters. The van der Waals surface area contributed by atoms with Gasteiger partial charge in [0.1, 0.15) is 6.04 Å². The summed E-state index contributed by atoms with van der Waals surface area (Å²) < 4.78 is 0. The van der Waals surface area contributed by atoms with E-state index in [4.69, 9.17) is 5.73 Å². The van der Waals surface area contributed by atoms with Gasteiger partial charge in [-0.2, -0.15) is 0 Å². The van der Waals surface area contributed by atoms with Crippen molar-refractivity contribution in [1.29, 1.82) is 0 Å². The van der Waals surface area contributed by atoms with Crippen molar-refractivity contribution < 1.29 is 14.4 Å². The van der Waals surface area contributed by atoms with E-state index in [9.17, 15) is 14.4 Å². The fraction of sp³-hybridized carbons (Fsp3) is 0.500. The Morgan fingerprint density at radius 1 is 1.09 bits per heavy atom. The third kappa shape index (κ3) is 5.85. The van der Waals surface area contributed by atoms with Gasteiger partial charge in [-0.3, -0.25) is 14.4 Å². The number of hydrogen-bond donors (Lipinski definition) is 2. The van der Waals surface area contributed by atoms with Gasteiger partial charge in [0.2, 0.25) is 11.8 Å². The fourth-order valence-corrected chi connectivity index (χ4v) is 2.27. The van der Waals surface area contributed by atoms with Crippen molar-refractivity contribution in [3.63, 3.8) is 0 Å². The number of nitrogens with one attached hydrogen (secondary N) is 1. The molecule has 3 N–H and O–H groups in total. The van der Waals surface area contributed by atoms with E-state index in [1.54, 1.807) is 12.1 Å². The average molecular weight is 318 g/mol. The lowest BCUT2D eigenvalue weighted by molar-refractivity contribution is -0.128. The van der Waals surface area contributed by atoms with Crippen LogP contribution in [0.4, 0.5) is 0 Å². The maximum absolute atomic E-state index is 12.1. The molecule has 0 bridgehead atoms. The van der Waals surface area contributed by atoms with Gasteiger partial charge in [-0.1, -0.05) is 51.5 Å². The molecule has 0 saturated heterocycles. The molecule has 0 aliphatic rings. The Morgan fingerprint density at radius 3 is 2.17 bits per heavy atom. The predicted octanol–water partition coefficient (Wildman–Crippen LogP) is 2.23. The van der Waals surface area contributed by atoms with Gasteiger partial charge in [-0.05, 0) is 17.9 Å². The Hall–Kier alpha value is -2.17. The predicted molar refractivity (Wildman–Crippen MR) is 90.0 cm³/mol. The summed E-state index contributed by atoms with van der Waals surface area (Å²) in [6, 6.07) is 6.71. The van der Waals surface area contributed by atoms with Crippen molar-refractivity contribution in [3.8, 4) is 0 Å². The van der Waals surface area contributed by atoms with Crippen molar-refractivity contribution in [2.45, 2.75) is 52.5 Å². The van der Waals surface area contributed by atoms with E-state index in [0.717, 1.165) is 18.4 Å². The zero-order chi connectivity index (χ0) is 17.4. The van der Waals surface area contributed by atoms with E-state index in [-0.39, 0.29) is 30.4 Å². The van der Waals surface area contributed by atoms with Gasteiger partial charge in [0.15, 0.2) is 5.78 Å². The number of Topliss-reactive ketones (excluding diaryl/α,β-unsaturated/α-hetero) is 1. The topological polar surface area (TPSA) is 89.3 Å². The number of nitrogens with two attached hydrogens (primary N) is 1. The summed E-state index contributed by atoms with van der Waals surface area (Å²) in [7, 11) is 0. The van der Waals surface area contributed by atoms with Crippen molar-refractivity contribution in [2.75, 3.05) is 0 Å². The largest absolute Gasteiger partial charge is 0.368 e. The first-order valence-electron chi connectivity index (χ1n) is 8.09. The highest BCUT2D eigenvalue weighted by Crippen LogP contribution is 2.10. The highest BCUT2D eigenvalue weighted by Gasteiger charge is 2.23. The molecule has 2 amide bonds. The van der Waals surface area contributed by atoms with Gasteiger partial charge >= 0.3 is 0 Å². The van der Waals surface area contributed by atoms with Crippen LogP contribution in [0.5, 0.6) is 0 Å². The summed E-state index contributed by atoms with van der Waals surface area (Å²) in [5.41, 5.74) is 7.08. The molecule has 0 heterocycles. The Labute approximate surface area is 137 Å². The van der Waals surface area contributed by atoms with Crippen LogP contribution in [0.2, 0.25) is 0 Å². The summed E-state index contributed by atoms with van der Waals surface area (Å²) in [6.07, 6.45) is 1.81. The first kappa shape index (κ1) is 18.9. The minimum absolute atomic E-state index is 0.0336. The molecule has 1 aromatic rings. The number of rotatable bonds is 9. The number of ketones is 1. The number of amides is 2. The van der Waals surface area contributed by atoms with E-state index >= 15 is 0 Å². The minimum Gasteiger partial charge on any atom is -0.368 e. The molecule has 0 aromatic heterocycles. The number of benzene rings is 1. The van der Waals surface area contributed by atoms with Crippen LogP contribution in [-0.2, 0) is 16.0 Å². The number of carbonyl (C=O) groups excluding carboxylic acids is 3. The normalized spacial score (nSPS) is 13.2. The number of carbonyl (C=O) groups is 3. The molecule has 5 nitrogen and oxygen atoms in total. The molecule has 5 heteroatoms. The molecule has 126 valence electrons. The second-order valence-corrected chi connectivity index (χ2v) is 5.81. The van der Waals surface area contributed by atoms with Crippen LogP contribution in [-0.4, -0.2) is 23.6 Å². The second-order valence-electron chi connectivity index (χ2n) is 5.81. The lowest BCUT2D eigenvalue weighted by atomic mass is 9.98. The third-order valence-corrected chi connectivity index (χ3v) is 4.10. The average Bonchev–Trinajstić information content (AvgIpc) is 2.56. The molecule has 1 aromatic carbocycles. The van der Waals surface area contributed by atoms with Crippen LogP contribution in [0.1, 0.15) is 56.0 Å². The van der Waals surface area contributed by atoms with Gasteiger partial charge in [-0.15, -0.1) is 0 Å². The molecule has 0 fully saturated rings. The summed E-state index contributed by atoms with van der Waals surface area (Å²) in [4.78, 5) is 35.4. The monoisotopic (exact) mass is 318 g/mol. The van der Waals surface area contributed by atoms with Crippen molar-refractivity contribution in [2.24, 2.45) is 11.7 Å². The SMILES string of the molecule is CCc1ccc(C(=O)CCC(=O)NC(C(N)=O)C(C)CC)cc1. The lowest BCUT2D eigenvalue weighted by Gasteiger charge is -2.21. The van der Waals surface area contributed by atoms with Crippen LogP contribution in [0.3, 0.4) is 0 Å². The van der Waals surface area contributed by atoms with E-state index in [1.165, 1.54) is 0 Å². The standard InChI is InChI=1S/C18H26N2O3/c1-4-12(3)17(18(19)23)20-16(22)11-10-15(21)14-8-6-13(5-2)7-9-14/h6-9,12,17H,4-5,10-11H2,1-3H3,(H2,19,23)(H,20,22). The van der Waals surface area contributed by atoms with Gasteiger partial charge in [0.05, 0.1) is 0 Å². The maximum atomic E-state index is 12.1. The van der Waals surface area contributed by atoms with Crippen LogP contribution in [0.25, 0.3) is 0 Å². The van der Waals surface area contributed by atoms with Gasteiger partial charge < -0.3 is 11.1 Å². The Balaban J connectivity index is 2.54. The highest BCUT2D eigenvalue weighted by molar-refractivity contribution is 5.98. The van der Waals surface area contributed by atoms with E-state index in [2.05, 4.69) is 5.32 Å². The molecule has 0 spiro atoms. The molecule has 0 saturated carbocycles. The zero-order valence-electron chi connectivity index (χ0n) is 14.1. The van der Waals surface area contributed by atoms with Crippen molar-refractivity contribution in [3.05, 3.63) is 35.4 Å². The molecule has 0 radical (unpaired) electrons. The Bertz CT molecular complexity index is 552. The molecule has 0 aliphatic carbocycles. The maximum Gasteiger partial charge on any atom is 0.240 e. The number of primary amides is 1. The summed E-state index contributed by atoms with van der Waals surface area (Å²) in [6.45, 7) is 5.83. The molecular weight excluding hydrogens is 292 g/mol. The Morgan fingerprint density at radius 2 is 1.70 bits per heavy atom. The van der Waals surface area contributed by atoms with Gasteiger partial charge in [-0.25, -0.2) is 0 Å². The summed E-state index contributed by atoms with van der Waals surface area (Å²) >= 11 is 0. The second kappa shape index (κ2) is 9.08. The van der Waals surface area contributed by atoms with E-state index in [1.807, 2.05) is 32.9 Å². The minimum atomic E-state index is -0.688. The number of aryl methyl sites for hydroxylation is 1. The van der Waals surface area contributed by atoms with Crippen LogP contribution >= 0.6 is 0 Å². The molecule has 23 heavy (non-hydrogen) atoms. The molecule has 1 rings (SSSR count). The summed E-state index contributed by atoms with van der Waals surface area (Å²) in [5.74, 6) is -0.988.